The lowest BCUT2D eigenvalue weighted by Crippen LogP contribution is -2.46. The maximum atomic E-state index is 14.3. The van der Waals surface area contributed by atoms with Gasteiger partial charge < -0.3 is 10.4 Å². The molecule has 1 aromatic carbocycles. The maximum absolute atomic E-state index is 14.3. The van der Waals surface area contributed by atoms with Crippen LogP contribution in [0.1, 0.15) is 62.5 Å². The van der Waals surface area contributed by atoms with Gasteiger partial charge in [-0.2, -0.15) is 5.26 Å². The van der Waals surface area contributed by atoms with Gasteiger partial charge in [0.05, 0.1) is 23.7 Å². The highest BCUT2D eigenvalue weighted by atomic mass is 19.1. The molecule has 23 heavy (non-hydrogen) atoms. The first-order valence-corrected chi connectivity index (χ1v) is 8.23. The Bertz CT molecular complexity index is 678. The Hall–Kier alpha value is -2.09. The molecular formula is C18H21FN2O2. The smallest absolute Gasteiger partial charge is 0.303 e. The van der Waals surface area contributed by atoms with Crippen molar-refractivity contribution in [2.45, 2.75) is 57.4 Å². The quantitative estimate of drug-likeness (QED) is 0.880. The first-order chi connectivity index (χ1) is 11.0. The summed E-state index contributed by atoms with van der Waals surface area (Å²) in [4.78, 5) is 11.4. The molecule has 1 heterocycles. The van der Waals surface area contributed by atoms with Crippen molar-refractivity contribution >= 4 is 11.7 Å². The first-order valence-electron chi connectivity index (χ1n) is 8.23. The normalized spacial score (nSPS) is 28.4. The molecule has 4 nitrogen and oxygen atoms in total. The number of carbonyl (C=O) groups is 1. The Kier molecular flexibility index (Phi) is 4.01. The number of anilines is 1. The van der Waals surface area contributed by atoms with Gasteiger partial charge in [0.15, 0.2) is 0 Å². The summed E-state index contributed by atoms with van der Waals surface area (Å²) in [7, 11) is 0. The third kappa shape index (κ3) is 2.46. The van der Waals surface area contributed by atoms with Crippen LogP contribution in [0.25, 0.3) is 0 Å². The highest BCUT2D eigenvalue weighted by Crippen LogP contribution is 2.55. The number of hydrogen-bond acceptors (Lipinski definition) is 3. The average molecular weight is 316 g/mol. The van der Waals surface area contributed by atoms with Gasteiger partial charge in [-0.05, 0) is 31.4 Å². The predicted octanol–water partition coefficient (Wildman–Crippen LogP) is 4.02. The second-order valence-electron chi connectivity index (χ2n) is 6.80. The van der Waals surface area contributed by atoms with E-state index in [0.29, 0.717) is 11.3 Å². The molecule has 3 rings (SSSR count). The van der Waals surface area contributed by atoms with Crippen LogP contribution in [0.3, 0.4) is 0 Å². The van der Waals surface area contributed by atoms with Gasteiger partial charge in [0.2, 0.25) is 0 Å². The number of rotatable bonds is 4. The van der Waals surface area contributed by atoms with Gasteiger partial charge in [0, 0.05) is 22.9 Å². The van der Waals surface area contributed by atoms with Gasteiger partial charge in [-0.15, -0.1) is 0 Å². The van der Waals surface area contributed by atoms with Gasteiger partial charge in [-0.3, -0.25) is 4.79 Å². The van der Waals surface area contributed by atoms with Crippen LogP contribution in [0.2, 0.25) is 0 Å². The lowest BCUT2D eigenvalue weighted by molar-refractivity contribution is -0.140. The van der Waals surface area contributed by atoms with Crippen molar-refractivity contribution in [3.8, 4) is 6.07 Å². The Morgan fingerprint density at radius 1 is 1.57 bits per heavy atom. The van der Waals surface area contributed by atoms with Gasteiger partial charge in [-0.25, -0.2) is 4.39 Å². The van der Waals surface area contributed by atoms with Crippen molar-refractivity contribution in [2.24, 2.45) is 5.41 Å². The number of halogens is 1. The highest BCUT2D eigenvalue weighted by molar-refractivity contribution is 5.70. The van der Waals surface area contributed by atoms with Crippen LogP contribution in [0.5, 0.6) is 0 Å². The number of nitrogens with one attached hydrogen (secondary N) is 1. The first kappa shape index (κ1) is 15.8. The summed E-state index contributed by atoms with van der Waals surface area (Å²) in [5.41, 5.74) is 1.29. The number of benzene rings is 1. The molecule has 0 saturated heterocycles. The minimum atomic E-state index is -0.808. The van der Waals surface area contributed by atoms with Gasteiger partial charge >= 0.3 is 5.97 Å². The van der Waals surface area contributed by atoms with E-state index in [4.69, 9.17) is 0 Å². The third-order valence-corrected chi connectivity index (χ3v) is 5.49. The van der Waals surface area contributed by atoms with E-state index in [1.165, 1.54) is 12.1 Å². The molecule has 3 atom stereocenters. The summed E-state index contributed by atoms with van der Waals surface area (Å²) >= 11 is 0. The zero-order valence-corrected chi connectivity index (χ0v) is 13.2. The Balaban J connectivity index is 2.07. The second kappa shape index (κ2) is 5.84. The van der Waals surface area contributed by atoms with E-state index in [9.17, 15) is 19.6 Å². The van der Waals surface area contributed by atoms with Crippen LogP contribution in [0.4, 0.5) is 10.1 Å². The molecule has 1 fully saturated rings. The molecule has 3 unspecified atom stereocenters. The van der Waals surface area contributed by atoms with Gasteiger partial charge in [-0.1, -0.05) is 19.8 Å². The summed E-state index contributed by atoms with van der Waals surface area (Å²) in [5.74, 6) is -1.14. The van der Waals surface area contributed by atoms with E-state index >= 15 is 0 Å². The average Bonchev–Trinajstić information content (AvgIpc) is 2.90. The number of hydrogen-bond donors (Lipinski definition) is 2. The molecule has 0 amide bonds. The predicted molar refractivity (Wildman–Crippen MR) is 84.7 cm³/mol. The molecular weight excluding hydrogens is 295 g/mol. The lowest BCUT2D eigenvalue weighted by Gasteiger charge is -2.45. The number of nitrogens with zero attached hydrogens (tertiary/aromatic N) is 1. The lowest BCUT2D eigenvalue weighted by atomic mass is 9.61. The summed E-state index contributed by atoms with van der Waals surface area (Å²) < 4.78 is 14.3. The SMILES string of the molecule is CCCC1(CC(=O)O)CCCC2c3c(C#N)ccc(F)c3NC21. The van der Waals surface area contributed by atoms with Crippen LogP contribution in [0, 0.1) is 22.6 Å². The summed E-state index contributed by atoms with van der Waals surface area (Å²) in [6.45, 7) is 2.05. The molecule has 1 saturated carbocycles. The summed E-state index contributed by atoms with van der Waals surface area (Å²) in [6.07, 6.45) is 4.39. The zero-order chi connectivity index (χ0) is 16.6. The van der Waals surface area contributed by atoms with Crippen molar-refractivity contribution < 1.29 is 14.3 Å². The van der Waals surface area contributed by atoms with Crippen molar-refractivity contribution in [1.82, 2.24) is 0 Å². The second-order valence-corrected chi connectivity index (χ2v) is 6.80. The monoisotopic (exact) mass is 316 g/mol. The highest BCUT2D eigenvalue weighted by Gasteiger charge is 2.51. The van der Waals surface area contributed by atoms with Gasteiger partial charge in [0.1, 0.15) is 5.82 Å². The number of aliphatic carboxylic acids is 1. The molecule has 0 radical (unpaired) electrons. The molecule has 0 spiro atoms. The van der Waals surface area contributed by atoms with Gasteiger partial charge in [0.25, 0.3) is 0 Å². The molecule has 1 aromatic rings. The molecule has 1 aliphatic carbocycles. The van der Waals surface area contributed by atoms with E-state index in [-0.39, 0.29) is 29.6 Å². The summed E-state index contributed by atoms with van der Waals surface area (Å²) in [6, 6.07) is 4.91. The van der Waals surface area contributed by atoms with Crippen molar-refractivity contribution in [2.75, 3.05) is 5.32 Å². The molecule has 0 aromatic heterocycles. The molecule has 0 bridgehead atoms. The van der Waals surface area contributed by atoms with E-state index in [1.807, 2.05) is 0 Å². The Morgan fingerprint density at radius 3 is 3.00 bits per heavy atom. The number of nitriles is 1. The van der Waals surface area contributed by atoms with E-state index in [2.05, 4.69) is 18.3 Å². The maximum Gasteiger partial charge on any atom is 0.303 e. The van der Waals surface area contributed by atoms with E-state index in [1.54, 1.807) is 0 Å². The number of carboxylic acid groups (broad SMARTS) is 1. The third-order valence-electron chi connectivity index (χ3n) is 5.49. The van der Waals surface area contributed by atoms with Crippen LogP contribution in [-0.2, 0) is 4.79 Å². The molecule has 2 aliphatic rings. The molecule has 1 aliphatic heterocycles. The molecule has 2 N–H and O–H groups in total. The fourth-order valence-corrected chi connectivity index (χ4v) is 4.73. The summed E-state index contributed by atoms with van der Waals surface area (Å²) in [5, 5.41) is 22.0. The van der Waals surface area contributed by atoms with E-state index in [0.717, 1.165) is 37.7 Å². The van der Waals surface area contributed by atoms with Crippen molar-refractivity contribution in [3.63, 3.8) is 0 Å². The minimum absolute atomic E-state index is 0.0231. The largest absolute Gasteiger partial charge is 0.481 e. The minimum Gasteiger partial charge on any atom is -0.481 e. The Morgan fingerprint density at radius 2 is 2.35 bits per heavy atom. The topological polar surface area (TPSA) is 73.1 Å². The number of fused-ring (bicyclic) bond motifs is 3. The molecule has 122 valence electrons. The fraction of sp³-hybridized carbons (Fsp3) is 0.556. The zero-order valence-electron chi connectivity index (χ0n) is 13.2. The van der Waals surface area contributed by atoms with Crippen LogP contribution in [-0.4, -0.2) is 17.1 Å². The number of carboxylic acids is 1. The van der Waals surface area contributed by atoms with Crippen LogP contribution in [0.15, 0.2) is 12.1 Å². The standard InChI is InChI=1S/C18H21FN2O2/c1-2-7-18(9-14(22)23)8-3-4-12-15-11(10-20)5-6-13(19)16(15)21-17(12)18/h5-6,12,17,21H,2-4,7-9H2,1H3,(H,22,23). The van der Waals surface area contributed by atoms with E-state index < -0.39 is 5.97 Å². The fourth-order valence-electron chi connectivity index (χ4n) is 4.73. The Labute approximate surface area is 135 Å². The van der Waals surface area contributed by atoms with Crippen molar-refractivity contribution in [3.05, 3.63) is 29.1 Å². The van der Waals surface area contributed by atoms with Crippen LogP contribution < -0.4 is 5.32 Å². The van der Waals surface area contributed by atoms with Crippen LogP contribution >= 0.6 is 0 Å². The molecule has 5 heteroatoms. The van der Waals surface area contributed by atoms with Crippen molar-refractivity contribution in [1.29, 1.82) is 5.26 Å².